The van der Waals surface area contributed by atoms with E-state index in [1.807, 2.05) is 0 Å². The van der Waals surface area contributed by atoms with Crippen LogP contribution in [0.2, 0.25) is 0 Å². The van der Waals surface area contributed by atoms with Gasteiger partial charge in [0.15, 0.2) is 0 Å². The first-order valence-corrected chi connectivity index (χ1v) is 7.32. The fraction of sp³-hybridized carbons (Fsp3) is 0.250. The minimum atomic E-state index is -3.34. The number of rotatable bonds is 4. The highest BCUT2D eigenvalue weighted by molar-refractivity contribution is 7.92. The van der Waals surface area contributed by atoms with Crippen LogP contribution < -0.4 is 10.5 Å². The molecule has 1 heterocycles. The number of sulfonamides is 1. The molecule has 0 atom stereocenters. The molecule has 102 valence electrons. The van der Waals surface area contributed by atoms with Gasteiger partial charge in [0.25, 0.3) is 5.91 Å². The van der Waals surface area contributed by atoms with E-state index in [9.17, 15) is 13.2 Å². The maximum Gasteiger partial charge on any atom is 0.252 e. The molecule has 0 aliphatic heterocycles. The molecular formula is C12H14N2O4S. The predicted octanol–water partition coefficient (Wildman–Crippen LogP) is 1.60. The highest BCUT2D eigenvalue weighted by atomic mass is 32.2. The molecule has 0 radical (unpaired) electrons. The normalized spacial score (nSPS) is 11.7. The van der Waals surface area contributed by atoms with Crippen molar-refractivity contribution in [1.82, 2.24) is 0 Å². The van der Waals surface area contributed by atoms with Crippen molar-refractivity contribution >= 4 is 32.6 Å². The number of nitrogens with one attached hydrogen (secondary N) is 1. The Bertz CT molecular complexity index is 746. The van der Waals surface area contributed by atoms with E-state index < -0.39 is 15.9 Å². The summed E-state index contributed by atoms with van der Waals surface area (Å²) in [7, 11) is -3.34. The number of nitrogens with two attached hydrogens (primary N) is 1. The Morgan fingerprint density at radius 1 is 1.42 bits per heavy atom. The molecule has 0 aliphatic rings. The van der Waals surface area contributed by atoms with E-state index in [0.29, 0.717) is 28.0 Å². The largest absolute Gasteiger partial charge is 0.460 e. The summed E-state index contributed by atoms with van der Waals surface area (Å²) in [5, 5.41) is 0.574. The smallest absolute Gasteiger partial charge is 0.252 e. The number of aryl methyl sites for hydroxylation is 1. The number of primary amides is 1. The molecule has 2 rings (SSSR count). The van der Waals surface area contributed by atoms with Crippen LogP contribution in [0.5, 0.6) is 0 Å². The van der Waals surface area contributed by atoms with Gasteiger partial charge in [-0.1, -0.05) is 0 Å². The SMILES string of the molecule is CCS(=O)(=O)Nc1ccc2c(C(N)=O)c(C)oc2c1. The van der Waals surface area contributed by atoms with Gasteiger partial charge in [0.1, 0.15) is 11.3 Å². The van der Waals surface area contributed by atoms with Crippen molar-refractivity contribution in [1.29, 1.82) is 0 Å². The van der Waals surface area contributed by atoms with E-state index in [0.717, 1.165) is 0 Å². The van der Waals surface area contributed by atoms with Crippen LogP contribution in [0.15, 0.2) is 22.6 Å². The zero-order valence-electron chi connectivity index (χ0n) is 10.6. The Morgan fingerprint density at radius 2 is 2.11 bits per heavy atom. The summed E-state index contributed by atoms with van der Waals surface area (Å²) >= 11 is 0. The first-order valence-electron chi connectivity index (χ1n) is 5.67. The van der Waals surface area contributed by atoms with E-state index in [4.69, 9.17) is 10.2 Å². The Labute approximate surface area is 110 Å². The fourth-order valence-electron chi connectivity index (χ4n) is 1.84. The molecule has 0 fully saturated rings. The molecule has 19 heavy (non-hydrogen) atoms. The lowest BCUT2D eigenvalue weighted by molar-refractivity contribution is 0.1000. The third-order valence-corrected chi connectivity index (χ3v) is 4.07. The van der Waals surface area contributed by atoms with Crippen molar-refractivity contribution in [3.05, 3.63) is 29.5 Å². The zero-order valence-corrected chi connectivity index (χ0v) is 11.4. The minimum Gasteiger partial charge on any atom is -0.460 e. The third-order valence-electron chi connectivity index (χ3n) is 2.77. The summed E-state index contributed by atoms with van der Waals surface area (Å²) in [6.45, 7) is 3.18. The van der Waals surface area contributed by atoms with Crippen LogP contribution in [0.3, 0.4) is 0 Å². The fourth-order valence-corrected chi connectivity index (χ4v) is 2.47. The molecule has 0 spiro atoms. The topological polar surface area (TPSA) is 102 Å². The summed E-state index contributed by atoms with van der Waals surface area (Å²) in [6, 6.07) is 4.71. The van der Waals surface area contributed by atoms with E-state index in [2.05, 4.69) is 4.72 Å². The monoisotopic (exact) mass is 282 g/mol. The van der Waals surface area contributed by atoms with Gasteiger partial charge < -0.3 is 10.2 Å². The Kier molecular flexibility index (Phi) is 3.23. The number of carbonyl (C=O) groups excluding carboxylic acids is 1. The summed E-state index contributed by atoms with van der Waals surface area (Å²) in [6.07, 6.45) is 0. The second kappa shape index (κ2) is 4.58. The molecule has 0 aliphatic carbocycles. The van der Waals surface area contributed by atoms with Gasteiger partial charge in [-0.2, -0.15) is 0 Å². The predicted molar refractivity (Wildman–Crippen MR) is 72.6 cm³/mol. The molecule has 1 amide bonds. The maximum absolute atomic E-state index is 11.5. The van der Waals surface area contributed by atoms with Gasteiger partial charge in [-0.15, -0.1) is 0 Å². The van der Waals surface area contributed by atoms with Crippen LogP contribution >= 0.6 is 0 Å². The Balaban J connectivity index is 2.51. The Morgan fingerprint density at radius 3 is 2.68 bits per heavy atom. The standard InChI is InChI=1S/C12H14N2O4S/c1-3-19(16,17)14-8-4-5-9-10(6-8)18-7(2)11(9)12(13)15/h4-6,14H,3H2,1-2H3,(H2,13,15). The summed E-state index contributed by atoms with van der Waals surface area (Å²) in [5.74, 6) is -0.175. The lowest BCUT2D eigenvalue weighted by Crippen LogP contribution is -2.14. The molecule has 6 nitrogen and oxygen atoms in total. The molecule has 7 heteroatoms. The molecular weight excluding hydrogens is 268 g/mol. The number of amides is 1. The van der Waals surface area contributed by atoms with Crippen molar-refractivity contribution in [3.63, 3.8) is 0 Å². The summed E-state index contributed by atoms with van der Waals surface area (Å²) in [4.78, 5) is 11.3. The first-order chi connectivity index (χ1) is 8.84. The van der Waals surface area contributed by atoms with Crippen LogP contribution in [0, 0.1) is 6.92 Å². The van der Waals surface area contributed by atoms with E-state index in [-0.39, 0.29) is 5.75 Å². The van der Waals surface area contributed by atoms with E-state index in [1.54, 1.807) is 26.0 Å². The number of hydrogen-bond donors (Lipinski definition) is 2. The lowest BCUT2D eigenvalue weighted by Gasteiger charge is -2.05. The maximum atomic E-state index is 11.5. The molecule has 2 aromatic rings. The van der Waals surface area contributed by atoms with Crippen molar-refractivity contribution < 1.29 is 17.6 Å². The molecule has 1 aromatic carbocycles. The number of benzene rings is 1. The van der Waals surface area contributed by atoms with E-state index >= 15 is 0 Å². The number of anilines is 1. The van der Waals surface area contributed by atoms with Crippen LogP contribution in [0.4, 0.5) is 5.69 Å². The minimum absolute atomic E-state index is 0.0191. The van der Waals surface area contributed by atoms with Gasteiger partial charge in [-0.25, -0.2) is 8.42 Å². The van der Waals surface area contributed by atoms with Gasteiger partial charge >= 0.3 is 0 Å². The second-order valence-corrected chi connectivity index (χ2v) is 6.12. The van der Waals surface area contributed by atoms with Gasteiger partial charge in [-0.3, -0.25) is 9.52 Å². The van der Waals surface area contributed by atoms with Crippen LogP contribution in [-0.4, -0.2) is 20.1 Å². The highest BCUT2D eigenvalue weighted by Crippen LogP contribution is 2.28. The van der Waals surface area contributed by atoms with Crippen molar-refractivity contribution in [2.45, 2.75) is 13.8 Å². The van der Waals surface area contributed by atoms with Crippen molar-refractivity contribution in [3.8, 4) is 0 Å². The second-order valence-electron chi connectivity index (χ2n) is 4.11. The van der Waals surface area contributed by atoms with Gasteiger partial charge in [-0.05, 0) is 26.0 Å². The molecule has 0 unspecified atom stereocenters. The summed E-state index contributed by atoms with van der Waals surface area (Å²) in [5.41, 5.74) is 6.40. The molecule has 3 N–H and O–H groups in total. The third kappa shape index (κ3) is 2.55. The molecule has 0 bridgehead atoms. The average molecular weight is 282 g/mol. The van der Waals surface area contributed by atoms with Crippen LogP contribution in [0.1, 0.15) is 23.0 Å². The number of furan rings is 1. The zero-order chi connectivity index (χ0) is 14.2. The van der Waals surface area contributed by atoms with Gasteiger partial charge in [0.2, 0.25) is 10.0 Å². The average Bonchev–Trinajstić information content (AvgIpc) is 2.63. The molecule has 1 aromatic heterocycles. The quantitative estimate of drug-likeness (QED) is 0.889. The first kappa shape index (κ1) is 13.4. The number of fused-ring (bicyclic) bond motifs is 1. The van der Waals surface area contributed by atoms with Crippen molar-refractivity contribution in [2.75, 3.05) is 10.5 Å². The lowest BCUT2D eigenvalue weighted by atomic mass is 10.1. The van der Waals surface area contributed by atoms with E-state index in [1.165, 1.54) is 6.07 Å². The molecule has 0 saturated heterocycles. The molecule has 0 saturated carbocycles. The van der Waals surface area contributed by atoms with Gasteiger partial charge in [0, 0.05) is 11.5 Å². The number of carbonyl (C=O) groups is 1. The van der Waals surface area contributed by atoms with Crippen LogP contribution in [-0.2, 0) is 10.0 Å². The summed E-state index contributed by atoms with van der Waals surface area (Å²) < 4.78 is 30.8. The number of hydrogen-bond acceptors (Lipinski definition) is 4. The van der Waals surface area contributed by atoms with Crippen molar-refractivity contribution in [2.24, 2.45) is 5.73 Å². The van der Waals surface area contributed by atoms with Gasteiger partial charge in [0.05, 0.1) is 17.0 Å². The Hall–Kier alpha value is -2.02. The highest BCUT2D eigenvalue weighted by Gasteiger charge is 2.16. The van der Waals surface area contributed by atoms with Crippen LogP contribution in [0.25, 0.3) is 11.0 Å².